The molecule has 0 bridgehead atoms. The van der Waals surface area contributed by atoms with Crippen molar-refractivity contribution in [3.63, 3.8) is 0 Å². The lowest BCUT2D eigenvalue weighted by Gasteiger charge is -2.14. The quantitative estimate of drug-likeness (QED) is 0.344. The topological polar surface area (TPSA) is 120 Å². The molecule has 0 radical (unpaired) electrons. The average Bonchev–Trinajstić information content (AvgIpc) is 2.94. The number of nitrogens with one attached hydrogen (secondary N) is 1. The van der Waals surface area contributed by atoms with Crippen molar-refractivity contribution >= 4 is 45.9 Å². The molecule has 0 saturated carbocycles. The lowest BCUT2D eigenvalue weighted by atomic mass is 10.1. The van der Waals surface area contributed by atoms with Crippen molar-refractivity contribution in [3.8, 4) is 11.5 Å². The summed E-state index contributed by atoms with van der Waals surface area (Å²) in [6, 6.07) is 2.47. The maximum absolute atomic E-state index is 12.4. The molecular formula is C18H19BrN2O8. The van der Waals surface area contributed by atoms with E-state index in [2.05, 4.69) is 30.7 Å². The number of benzene rings is 1. The Hall–Kier alpha value is -3.08. The number of amides is 3. The molecule has 0 atom stereocenters. The number of hydrogen-bond donors (Lipinski definition) is 1. The van der Waals surface area contributed by atoms with Crippen LogP contribution in [0.5, 0.6) is 11.5 Å². The summed E-state index contributed by atoms with van der Waals surface area (Å²) in [5, 5.41) is 2.41. The largest absolute Gasteiger partial charge is 0.490 e. The highest BCUT2D eigenvalue weighted by Crippen LogP contribution is 2.37. The molecule has 1 aliphatic rings. The zero-order valence-corrected chi connectivity index (χ0v) is 17.5. The van der Waals surface area contributed by atoms with Gasteiger partial charge in [0.15, 0.2) is 18.1 Å². The molecule has 0 aromatic heterocycles. The predicted molar refractivity (Wildman–Crippen MR) is 103 cm³/mol. The molecule has 1 heterocycles. The third kappa shape index (κ3) is 5.47. The summed E-state index contributed by atoms with van der Waals surface area (Å²) in [5.74, 6) is -1.34. The van der Waals surface area contributed by atoms with Crippen molar-refractivity contribution in [2.45, 2.75) is 6.92 Å². The molecule has 1 aliphatic heterocycles. The summed E-state index contributed by atoms with van der Waals surface area (Å²) in [4.78, 5) is 47.8. The molecular weight excluding hydrogens is 452 g/mol. The Kier molecular flexibility index (Phi) is 7.59. The average molecular weight is 471 g/mol. The molecule has 11 heteroatoms. The van der Waals surface area contributed by atoms with Crippen LogP contribution in [0.15, 0.2) is 22.3 Å². The van der Waals surface area contributed by atoms with E-state index in [0.717, 1.165) is 12.0 Å². The first-order valence-corrected chi connectivity index (χ1v) is 9.17. The summed E-state index contributed by atoms with van der Waals surface area (Å²) in [6.45, 7) is 1.29. The van der Waals surface area contributed by atoms with Crippen LogP contribution in [0.2, 0.25) is 0 Å². The SMILES string of the molecule is CCOc1cc(C=C2NC(=O)N(CC(=O)OC)C2=O)cc(Br)c1OCC(=O)OC. The highest BCUT2D eigenvalue weighted by molar-refractivity contribution is 9.10. The summed E-state index contributed by atoms with van der Waals surface area (Å²) in [6.07, 6.45) is 1.43. The van der Waals surface area contributed by atoms with Gasteiger partial charge in [0.1, 0.15) is 12.2 Å². The molecule has 1 N–H and O–H groups in total. The highest BCUT2D eigenvalue weighted by Gasteiger charge is 2.35. The molecule has 29 heavy (non-hydrogen) atoms. The van der Waals surface area contributed by atoms with Crippen molar-refractivity contribution in [3.05, 3.63) is 27.9 Å². The van der Waals surface area contributed by atoms with E-state index in [1.165, 1.54) is 13.2 Å². The Labute approximate surface area is 174 Å². The van der Waals surface area contributed by atoms with Gasteiger partial charge in [0.05, 0.1) is 25.3 Å². The molecule has 156 valence electrons. The Morgan fingerprint density at radius 3 is 2.45 bits per heavy atom. The minimum Gasteiger partial charge on any atom is -0.490 e. The van der Waals surface area contributed by atoms with Gasteiger partial charge >= 0.3 is 18.0 Å². The summed E-state index contributed by atoms with van der Waals surface area (Å²) in [7, 11) is 2.41. The predicted octanol–water partition coefficient (Wildman–Crippen LogP) is 1.47. The number of carbonyl (C=O) groups is 4. The minimum absolute atomic E-state index is 0.0171. The molecule has 3 amide bonds. The number of methoxy groups -OCH3 is 2. The van der Waals surface area contributed by atoms with Gasteiger partial charge in [-0.15, -0.1) is 0 Å². The van der Waals surface area contributed by atoms with Crippen LogP contribution in [0.3, 0.4) is 0 Å². The molecule has 1 aromatic rings. The van der Waals surface area contributed by atoms with E-state index in [9.17, 15) is 19.2 Å². The molecule has 0 unspecified atom stereocenters. The van der Waals surface area contributed by atoms with Crippen molar-refractivity contribution in [1.82, 2.24) is 10.2 Å². The highest BCUT2D eigenvalue weighted by atomic mass is 79.9. The van der Waals surface area contributed by atoms with E-state index in [1.54, 1.807) is 19.1 Å². The van der Waals surface area contributed by atoms with Gasteiger partial charge in [0.2, 0.25) is 0 Å². The number of esters is 2. The van der Waals surface area contributed by atoms with Crippen molar-refractivity contribution in [2.75, 3.05) is 34.0 Å². The first kappa shape index (κ1) is 22.2. The number of nitrogens with zero attached hydrogens (tertiary/aromatic N) is 1. The van der Waals surface area contributed by atoms with Crippen molar-refractivity contribution < 1.29 is 38.1 Å². The van der Waals surface area contributed by atoms with Gasteiger partial charge in [-0.25, -0.2) is 14.5 Å². The third-order valence-corrected chi connectivity index (χ3v) is 4.27. The summed E-state index contributed by atoms with van der Waals surface area (Å²) in [5.41, 5.74) is 0.491. The smallest absolute Gasteiger partial charge is 0.343 e. The maximum atomic E-state index is 12.4. The first-order valence-electron chi connectivity index (χ1n) is 8.38. The van der Waals surface area contributed by atoms with Gasteiger partial charge in [-0.05, 0) is 46.6 Å². The van der Waals surface area contributed by atoms with E-state index in [0.29, 0.717) is 22.4 Å². The molecule has 0 aliphatic carbocycles. The van der Waals surface area contributed by atoms with Crippen LogP contribution in [0, 0.1) is 0 Å². The first-order chi connectivity index (χ1) is 13.8. The van der Waals surface area contributed by atoms with Crippen LogP contribution in [0.4, 0.5) is 4.79 Å². The van der Waals surface area contributed by atoms with Crippen molar-refractivity contribution in [1.29, 1.82) is 0 Å². The molecule has 10 nitrogen and oxygen atoms in total. The number of rotatable bonds is 8. The molecule has 2 rings (SSSR count). The monoisotopic (exact) mass is 470 g/mol. The second-order valence-electron chi connectivity index (χ2n) is 5.58. The molecule has 1 aromatic carbocycles. The van der Waals surface area contributed by atoms with Gasteiger partial charge in [-0.3, -0.25) is 9.59 Å². The van der Waals surface area contributed by atoms with E-state index in [4.69, 9.17) is 9.47 Å². The zero-order valence-electron chi connectivity index (χ0n) is 15.9. The Morgan fingerprint density at radius 1 is 1.14 bits per heavy atom. The number of halogens is 1. The fourth-order valence-electron chi connectivity index (χ4n) is 2.34. The number of urea groups is 1. The number of imide groups is 1. The van der Waals surface area contributed by atoms with Gasteiger partial charge in [-0.2, -0.15) is 0 Å². The van der Waals surface area contributed by atoms with Crippen LogP contribution in [0.25, 0.3) is 6.08 Å². The van der Waals surface area contributed by atoms with Gasteiger partial charge < -0.3 is 24.3 Å². The van der Waals surface area contributed by atoms with Crippen LogP contribution in [0.1, 0.15) is 12.5 Å². The normalized spacial score (nSPS) is 14.6. The Morgan fingerprint density at radius 2 is 1.83 bits per heavy atom. The molecule has 0 spiro atoms. The van der Waals surface area contributed by atoms with E-state index in [1.807, 2.05) is 0 Å². The second-order valence-corrected chi connectivity index (χ2v) is 6.44. The van der Waals surface area contributed by atoms with Crippen molar-refractivity contribution in [2.24, 2.45) is 0 Å². The maximum Gasteiger partial charge on any atom is 0.343 e. The van der Waals surface area contributed by atoms with E-state index >= 15 is 0 Å². The number of hydrogen-bond acceptors (Lipinski definition) is 8. The van der Waals surface area contributed by atoms with Gasteiger partial charge in [-0.1, -0.05) is 0 Å². The lowest BCUT2D eigenvalue weighted by Crippen LogP contribution is -2.36. The van der Waals surface area contributed by atoms with Crippen LogP contribution in [-0.4, -0.2) is 62.8 Å². The second kappa shape index (κ2) is 9.92. The summed E-state index contributed by atoms with van der Waals surface area (Å²) < 4.78 is 20.5. The Bertz CT molecular complexity index is 868. The molecule has 1 saturated heterocycles. The molecule has 1 fully saturated rings. The number of carbonyl (C=O) groups excluding carboxylic acids is 4. The fraction of sp³-hybridized carbons (Fsp3) is 0.333. The van der Waals surface area contributed by atoms with E-state index < -0.39 is 30.4 Å². The standard InChI is InChI=1S/C18H19BrN2O8/c1-4-28-13-7-10(5-11(19)16(13)29-9-15(23)27-3)6-12-17(24)21(18(25)20-12)8-14(22)26-2/h5-7H,4,8-9H2,1-3H3,(H,20,25). The minimum atomic E-state index is -0.728. The Balaban J connectivity index is 2.30. The van der Waals surface area contributed by atoms with Crippen LogP contribution >= 0.6 is 15.9 Å². The van der Waals surface area contributed by atoms with Gasteiger partial charge in [0, 0.05) is 0 Å². The number of ether oxygens (including phenoxy) is 4. The summed E-state index contributed by atoms with van der Waals surface area (Å²) >= 11 is 3.34. The fourth-order valence-corrected chi connectivity index (χ4v) is 2.91. The van der Waals surface area contributed by atoms with Gasteiger partial charge in [0.25, 0.3) is 5.91 Å². The van der Waals surface area contributed by atoms with Crippen LogP contribution < -0.4 is 14.8 Å². The zero-order chi connectivity index (χ0) is 21.6. The lowest BCUT2D eigenvalue weighted by molar-refractivity contribution is -0.144. The third-order valence-electron chi connectivity index (χ3n) is 3.68. The van der Waals surface area contributed by atoms with Crippen LogP contribution in [-0.2, 0) is 23.9 Å². The van der Waals surface area contributed by atoms with E-state index in [-0.39, 0.29) is 18.1 Å².